The van der Waals surface area contributed by atoms with Crippen LogP contribution in [-0.2, 0) is 6.54 Å². The van der Waals surface area contributed by atoms with Crippen molar-refractivity contribution in [3.63, 3.8) is 0 Å². The minimum atomic E-state index is -4.55. The van der Waals surface area contributed by atoms with Gasteiger partial charge in [0.1, 0.15) is 11.6 Å². The first-order valence-electron chi connectivity index (χ1n) is 5.98. The normalized spacial score (nSPS) is 17.6. The molecular formula is C11H13ClF3N3O2. The van der Waals surface area contributed by atoms with E-state index in [-0.39, 0.29) is 22.0 Å². The van der Waals surface area contributed by atoms with Crippen LogP contribution in [0.25, 0.3) is 0 Å². The summed E-state index contributed by atoms with van der Waals surface area (Å²) in [7, 11) is 0. The van der Waals surface area contributed by atoms with Gasteiger partial charge in [0, 0.05) is 0 Å². The van der Waals surface area contributed by atoms with Crippen LogP contribution in [-0.4, -0.2) is 33.2 Å². The first kappa shape index (κ1) is 15.1. The zero-order valence-electron chi connectivity index (χ0n) is 10.4. The van der Waals surface area contributed by atoms with E-state index in [2.05, 4.69) is 10.4 Å². The molecular weight excluding hydrogens is 299 g/mol. The highest BCUT2D eigenvalue weighted by atomic mass is 35.5. The SMILES string of the molecule is O=c1c(Cl)c(NC2(CO)CCC2)cnn1CC(F)(F)F. The van der Waals surface area contributed by atoms with E-state index in [9.17, 15) is 23.1 Å². The van der Waals surface area contributed by atoms with Crippen molar-refractivity contribution in [2.75, 3.05) is 11.9 Å². The number of hydrogen-bond acceptors (Lipinski definition) is 4. The Labute approximate surface area is 117 Å². The van der Waals surface area contributed by atoms with Crippen LogP contribution >= 0.6 is 11.6 Å². The molecule has 0 aliphatic heterocycles. The maximum Gasteiger partial charge on any atom is 0.408 e. The fourth-order valence-corrected chi connectivity index (χ4v) is 2.24. The largest absolute Gasteiger partial charge is 0.408 e. The van der Waals surface area contributed by atoms with Crippen molar-refractivity contribution in [2.24, 2.45) is 0 Å². The second-order valence-corrected chi connectivity index (χ2v) is 5.25. The van der Waals surface area contributed by atoms with Crippen LogP contribution in [0.4, 0.5) is 18.9 Å². The molecule has 0 saturated heterocycles. The summed E-state index contributed by atoms with van der Waals surface area (Å²) in [5.41, 5.74) is -1.43. The van der Waals surface area contributed by atoms with Crippen molar-refractivity contribution in [1.82, 2.24) is 9.78 Å². The highest BCUT2D eigenvalue weighted by Crippen LogP contribution is 2.35. The monoisotopic (exact) mass is 311 g/mol. The van der Waals surface area contributed by atoms with Crippen molar-refractivity contribution in [3.05, 3.63) is 21.6 Å². The second-order valence-electron chi connectivity index (χ2n) is 4.87. The van der Waals surface area contributed by atoms with Crippen LogP contribution in [0, 0.1) is 0 Å². The molecule has 1 heterocycles. The summed E-state index contributed by atoms with van der Waals surface area (Å²) >= 11 is 5.79. The molecule has 0 unspecified atom stereocenters. The first-order chi connectivity index (χ1) is 9.26. The molecule has 0 radical (unpaired) electrons. The number of rotatable bonds is 4. The van der Waals surface area contributed by atoms with Gasteiger partial charge in [0.25, 0.3) is 5.56 Å². The summed E-state index contributed by atoms with van der Waals surface area (Å²) in [6.45, 7) is -1.63. The standard InChI is InChI=1S/C11H13ClF3N3O2/c12-8-7(17-10(6-19)2-1-3-10)4-16-18(9(8)20)5-11(13,14)15/h4,17,19H,1-3,5-6H2. The molecule has 1 aromatic heterocycles. The van der Waals surface area contributed by atoms with Gasteiger partial charge in [-0.25, -0.2) is 4.68 Å². The third-order valence-electron chi connectivity index (χ3n) is 3.33. The molecule has 1 aliphatic rings. The molecule has 0 atom stereocenters. The quantitative estimate of drug-likeness (QED) is 0.889. The van der Waals surface area contributed by atoms with Gasteiger partial charge in [0.2, 0.25) is 0 Å². The van der Waals surface area contributed by atoms with Crippen LogP contribution in [0.3, 0.4) is 0 Å². The van der Waals surface area contributed by atoms with Gasteiger partial charge in [-0.15, -0.1) is 0 Å². The minimum Gasteiger partial charge on any atom is -0.394 e. The fourth-order valence-electron chi connectivity index (χ4n) is 2.05. The van der Waals surface area contributed by atoms with Gasteiger partial charge in [-0.05, 0) is 19.3 Å². The van der Waals surface area contributed by atoms with Crippen molar-refractivity contribution in [1.29, 1.82) is 0 Å². The predicted molar refractivity (Wildman–Crippen MR) is 66.9 cm³/mol. The van der Waals surface area contributed by atoms with Crippen molar-refractivity contribution >= 4 is 17.3 Å². The highest BCUT2D eigenvalue weighted by Gasteiger charge is 2.37. The molecule has 0 aromatic carbocycles. The molecule has 1 saturated carbocycles. The number of alkyl halides is 3. The molecule has 5 nitrogen and oxygen atoms in total. The number of aromatic nitrogens is 2. The number of hydrogen-bond donors (Lipinski definition) is 2. The van der Waals surface area contributed by atoms with Crippen LogP contribution in [0.15, 0.2) is 11.0 Å². The zero-order valence-corrected chi connectivity index (χ0v) is 11.1. The van der Waals surface area contributed by atoms with E-state index < -0.39 is 23.8 Å². The van der Waals surface area contributed by atoms with Gasteiger partial charge in [-0.2, -0.15) is 18.3 Å². The van der Waals surface area contributed by atoms with Gasteiger partial charge in [0.05, 0.1) is 24.0 Å². The number of halogens is 4. The smallest absolute Gasteiger partial charge is 0.394 e. The van der Waals surface area contributed by atoms with E-state index in [1.165, 1.54) is 0 Å². The van der Waals surface area contributed by atoms with Gasteiger partial charge in [0.15, 0.2) is 0 Å². The Bertz CT molecular complexity index is 549. The van der Waals surface area contributed by atoms with E-state index >= 15 is 0 Å². The van der Waals surface area contributed by atoms with Crippen LogP contribution in [0.2, 0.25) is 5.02 Å². The molecule has 112 valence electrons. The van der Waals surface area contributed by atoms with Crippen LogP contribution in [0.1, 0.15) is 19.3 Å². The Morgan fingerprint density at radius 2 is 2.15 bits per heavy atom. The number of nitrogens with zero attached hydrogens (tertiary/aromatic N) is 2. The number of anilines is 1. The summed E-state index contributed by atoms with van der Waals surface area (Å²) in [4.78, 5) is 11.7. The Balaban J connectivity index is 2.25. The first-order valence-corrected chi connectivity index (χ1v) is 6.36. The molecule has 9 heteroatoms. The van der Waals surface area contributed by atoms with Crippen LogP contribution < -0.4 is 10.9 Å². The molecule has 2 N–H and O–H groups in total. The van der Waals surface area contributed by atoms with Crippen molar-refractivity contribution in [3.8, 4) is 0 Å². The minimum absolute atomic E-state index is 0.142. The van der Waals surface area contributed by atoms with E-state index in [4.69, 9.17) is 11.6 Å². The third kappa shape index (κ3) is 3.06. The summed E-state index contributed by atoms with van der Waals surface area (Å²) in [5, 5.41) is 15.3. The number of nitrogens with one attached hydrogen (secondary N) is 1. The fraction of sp³-hybridized carbons (Fsp3) is 0.636. The number of aliphatic hydroxyl groups excluding tert-OH is 1. The van der Waals surface area contributed by atoms with E-state index in [1.54, 1.807) is 0 Å². The Kier molecular flexibility index (Phi) is 3.97. The lowest BCUT2D eigenvalue weighted by Crippen LogP contribution is -2.48. The van der Waals surface area contributed by atoms with Crippen molar-refractivity contribution in [2.45, 2.75) is 37.5 Å². The number of aliphatic hydroxyl groups is 1. The van der Waals surface area contributed by atoms with Gasteiger partial charge < -0.3 is 10.4 Å². The summed E-state index contributed by atoms with van der Waals surface area (Å²) in [5.74, 6) is 0. The average molecular weight is 312 g/mol. The molecule has 0 amide bonds. The molecule has 0 bridgehead atoms. The van der Waals surface area contributed by atoms with Gasteiger partial charge >= 0.3 is 6.18 Å². The predicted octanol–water partition coefficient (Wildman–Crippen LogP) is 1.79. The second kappa shape index (κ2) is 5.25. The topological polar surface area (TPSA) is 67.2 Å². The Morgan fingerprint density at radius 3 is 2.60 bits per heavy atom. The zero-order chi connectivity index (χ0) is 15.0. The third-order valence-corrected chi connectivity index (χ3v) is 3.69. The lowest BCUT2D eigenvalue weighted by Gasteiger charge is -2.41. The lowest BCUT2D eigenvalue weighted by molar-refractivity contribution is -0.143. The molecule has 20 heavy (non-hydrogen) atoms. The average Bonchev–Trinajstić information content (AvgIpc) is 2.31. The lowest BCUT2D eigenvalue weighted by atomic mass is 9.77. The van der Waals surface area contributed by atoms with E-state index in [1.807, 2.05) is 0 Å². The summed E-state index contributed by atoms with van der Waals surface area (Å²) in [6.07, 6.45) is -1.15. The Morgan fingerprint density at radius 1 is 1.50 bits per heavy atom. The molecule has 1 aromatic rings. The van der Waals surface area contributed by atoms with Gasteiger partial charge in [-0.3, -0.25) is 4.79 Å². The molecule has 2 rings (SSSR count). The summed E-state index contributed by atoms with van der Waals surface area (Å²) in [6, 6.07) is 0. The van der Waals surface area contributed by atoms with E-state index in [0.717, 1.165) is 12.6 Å². The maximum atomic E-state index is 12.3. The highest BCUT2D eigenvalue weighted by molar-refractivity contribution is 6.32. The molecule has 1 fully saturated rings. The Hall–Kier alpha value is -1.28. The molecule has 0 spiro atoms. The molecule has 1 aliphatic carbocycles. The summed E-state index contributed by atoms with van der Waals surface area (Å²) < 4.78 is 37.0. The van der Waals surface area contributed by atoms with Gasteiger partial charge in [-0.1, -0.05) is 11.6 Å². The van der Waals surface area contributed by atoms with E-state index in [0.29, 0.717) is 12.8 Å². The maximum absolute atomic E-state index is 12.3. The van der Waals surface area contributed by atoms with Crippen molar-refractivity contribution < 1.29 is 18.3 Å². The van der Waals surface area contributed by atoms with Crippen LogP contribution in [0.5, 0.6) is 0 Å².